The molecule has 0 spiro atoms. The molecule has 1 aromatic heterocycles. The predicted octanol–water partition coefficient (Wildman–Crippen LogP) is 2.08. The molecule has 0 aliphatic heterocycles. The third-order valence-electron chi connectivity index (χ3n) is 3.62. The number of hydrogen-bond acceptors (Lipinski definition) is 4. The van der Waals surface area contributed by atoms with Gasteiger partial charge >= 0.3 is 0 Å². The Bertz CT molecular complexity index is 608. The Morgan fingerprint density at radius 2 is 2.05 bits per heavy atom. The van der Waals surface area contributed by atoms with E-state index in [1.165, 1.54) is 5.56 Å². The van der Waals surface area contributed by atoms with Crippen LogP contribution in [0.4, 0.5) is 5.69 Å². The van der Waals surface area contributed by atoms with Crippen LogP contribution < -0.4 is 10.5 Å². The summed E-state index contributed by atoms with van der Waals surface area (Å²) in [6.45, 7) is 6.74. The minimum absolute atomic E-state index is 0.189. The second-order valence-corrected chi connectivity index (χ2v) is 5.19. The molecule has 1 heterocycles. The maximum Gasteiger partial charge on any atom is 0.142 e. The topological polar surface area (TPSA) is 73.3 Å². The zero-order valence-corrected chi connectivity index (χ0v) is 12.8. The number of hydrogen-bond donors (Lipinski definition) is 2. The number of para-hydroxylation sites is 2. The molecule has 0 bridgehead atoms. The highest BCUT2D eigenvalue weighted by atomic mass is 16.5. The predicted molar refractivity (Wildman–Crippen MR) is 83.4 cm³/mol. The molecule has 0 aliphatic rings. The number of rotatable bonds is 6. The first-order chi connectivity index (χ1) is 10.0. The summed E-state index contributed by atoms with van der Waals surface area (Å²) in [7, 11) is 0. The lowest BCUT2D eigenvalue weighted by atomic mass is 10.1. The maximum absolute atomic E-state index is 10.1. The normalized spacial score (nSPS) is 12.4. The van der Waals surface area contributed by atoms with Gasteiger partial charge < -0.3 is 15.6 Å². The van der Waals surface area contributed by atoms with Gasteiger partial charge in [-0.05, 0) is 38.0 Å². The summed E-state index contributed by atoms with van der Waals surface area (Å²) in [6, 6.07) is 7.27. The Kier molecular flexibility index (Phi) is 4.85. The summed E-state index contributed by atoms with van der Waals surface area (Å²) >= 11 is 0. The largest absolute Gasteiger partial charge is 0.489 e. The molecule has 0 fully saturated rings. The van der Waals surface area contributed by atoms with E-state index in [-0.39, 0.29) is 6.61 Å². The molecule has 0 aliphatic carbocycles. The molecule has 3 N–H and O–H groups in total. The van der Waals surface area contributed by atoms with Gasteiger partial charge in [-0.25, -0.2) is 0 Å². The fourth-order valence-electron chi connectivity index (χ4n) is 2.47. The van der Waals surface area contributed by atoms with Crippen molar-refractivity contribution >= 4 is 5.69 Å². The number of aryl methyl sites for hydroxylation is 1. The number of aliphatic hydroxyl groups excluding tert-OH is 1. The molecule has 1 unspecified atom stereocenters. The number of ether oxygens (including phenoxy) is 1. The fraction of sp³-hybridized carbons (Fsp3) is 0.438. The van der Waals surface area contributed by atoms with Crippen molar-refractivity contribution in [2.24, 2.45) is 0 Å². The summed E-state index contributed by atoms with van der Waals surface area (Å²) in [6.07, 6.45) is 0.317. The van der Waals surface area contributed by atoms with E-state index < -0.39 is 6.10 Å². The minimum Gasteiger partial charge on any atom is -0.489 e. The highest BCUT2D eigenvalue weighted by molar-refractivity contribution is 5.51. The van der Waals surface area contributed by atoms with Gasteiger partial charge in [0.1, 0.15) is 18.5 Å². The number of aliphatic hydroxyl groups is 1. The van der Waals surface area contributed by atoms with Crippen LogP contribution in [0, 0.1) is 13.8 Å². The summed E-state index contributed by atoms with van der Waals surface area (Å²) in [5.74, 6) is 0.596. The first kappa shape index (κ1) is 15.4. The Labute approximate surface area is 125 Å². The maximum atomic E-state index is 10.1. The molecular formula is C16H23N3O2. The fourth-order valence-corrected chi connectivity index (χ4v) is 2.47. The van der Waals surface area contributed by atoms with Gasteiger partial charge in [0.05, 0.1) is 17.9 Å². The lowest BCUT2D eigenvalue weighted by Gasteiger charge is -2.14. The van der Waals surface area contributed by atoms with Crippen LogP contribution in [0.5, 0.6) is 5.75 Å². The number of aromatic nitrogens is 2. The number of benzene rings is 1. The zero-order chi connectivity index (χ0) is 15.4. The van der Waals surface area contributed by atoms with Gasteiger partial charge in [0, 0.05) is 5.69 Å². The minimum atomic E-state index is -0.632. The third kappa shape index (κ3) is 3.55. The van der Waals surface area contributed by atoms with E-state index >= 15 is 0 Å². The van der Waals surface area contributed by atoms with Crippen LogP contribution in [-0.4, -0.2) is 27.6 Å². The van der Waals surface area contributed by atoms with Gasteiger partial charge in [-0.15, -0.1) is 0 Å². The number of nitrogens with zero attached hydrogens (tertiary/aromatic N) is 2. The Morgan fingerprint density at radius 3 is 2.67 bits per heavy atom. The summed E-state index contributed by atoms with van der Waals surface area (Å²) < 4.78 is 7.40. The molecule has 2 rings (SSSR count). The number of nitrogens with two attached hydrogens (primary N) is 1. The van der Waals surface area contributed by atoms with Crippen LogP contribution in [0.3, 0.4) is 0 Å². The quantitative estimate of drug-likeness (QED) is 0.799. The zero-order valence-electron chi connectivity index (χ0n) is 12.8. The molecule has 21 heavy (non-hydrogen) atoms. The van der Waals surface area contributed by atoms with Crippen molar-refractivity contribution in [2.75, 3.05) is 12.3 Å². The molecule has 1 aromatic carbocycles. The average molecular weight is 289 g/mol. The highest BCUT2D eigenvalue weighted by Crippen LogP contribution is 2.20. The monoisotopic (exact) mass is 289 g/mol. The molecule has 114 valence electrons. The van der Waals surface area contributed by atoms with Gasteiger partial charge in [-0.2, -0.15) is 5.10 Å². The van der Waals surface area contributed by atoms with Gasteiger partial charge in [-0.1, -0.05) is 19.1 Å². The Morgan fingerprint density at radius 1 is 1.33 bits per heavy atom. The van der Waals surface area contributed by atoms with Crippen LogP contribution in [0.25, 0.3) is 0 Å². The van der Waals surface area contributed by atoms with Crippen LogP contribution >= 0.6 is 0 Å². The van der Waals surface area contributed by atoms with Gasteiger partial charge in [0.2, 0.25) is 0 Å². The summed E-state index contributed by atoms with van der Waals surface area (Å²) in [4.78, 5) is 0. The van der Waals surface area contributed by atoms with Crippen molar-refractivity contribution in [3.63, 3.8) is 0 Å². The van der Waals surface area contributed by atoms with E-state index in [0.29, 0.717) is 18.0 Å². The molecule has 0 amide bonds. The lowest BCUT2D eigenvalue weighted by Crippen LogP contribution is -2.25. The van der Waals surface area contributed by atoms with Crippen molar-refractivity contribution in [3.8, 4) is 5.75 Å². The van der Waals surface area contributed by atoms with E-state index in [0.717, 1.165) is 17.8 Å². The van der Waals surface area contributed by atoms with Gasteiger partial charge in [0.25, 0.3) is 0 Å². The van der Waals surface area contributed by atoms with E-state index in [1.807, 2.05) is 30.7 Å². The molecule has 5 nitrogen and oxygen atoms in total. The number of anilines is 1. The first-order valence-corrected chi connectivity index (χ1v) is 7.21. The second-order valence-electron chi connectivity index (χ2n) is 5.19. The second kappa shape index (κ2) is 6.63. The Hall–Kier alpha value is -2.01. The van der Waals surface area contributed by atoms with Crippen LogP contribution in [0.1, 0.15) is 23.9 Å². The molecule has 0 saturated carbocycles. The van der Waals surface area contributed by atoms with E-state index in [9.17, 15) is 5.11 Å². The van der Waals surface area contributed by atoms with Crippen LogP contribution in [0.15, 0.2) is 24.3 Å². The standard InChI is InChI=1S/C16H23N3O2/c1-4-14-11(2)18-19(12(14)3)9-13(20)10-21-16-8-6-5-7-15(16)17/h5-8,13,20H,4,9-10,17H2,1-3H3. The van der Waals surface area contributed by atoms with Crippen molar-refractivity contribution in [1.82, 2.24) is 9.78 Å². The molecular weight excluding hydrogens is 266 g/mol. The van der Waals surface area contributed by atoms with Crippen molar-refractivity contribution in [3.05, 3.63) is 41.2 Å². The smallest absolute Gasteiger partial charge is 0.142 e. The van der Waals surface area contributed by atoms with E-state index in [1.54, 1.807) is 12.1 Å². The molecule has 5 heteroatoms. The highest BCUT2D eigenvalue weighted by Gasteiger charge is 2.14. The molecule has 1 atom stereocenters. The number of nitrogen functional groups attached to an aromatic ring is 1. The molecule has 0 saturated heterocycles. The third-order valence-corrected chi connectivity index (χ3v) is 3.62. The van der Waals surface area contributed by atoms with Crippen molar-refractivity contribution in [2.45, 2.75) is 39.8 Å². The van der Waals surface area contributed by atoms with Crippen molar-refractivity contribution in [1.29, 1.82) is 0 Å². The van der Waals surface area contributed by atoms with Crippen LogP contribution in [0.2, 0.25) is 0 Å². The van der Waals surface area contributed by atoms with E-state index in [2.05, 4.69) is 12.0 Å². The Balaban J connectivity index is 1.96. The van der Waals surface area contributed by atoms with E-state index in [4.69, 9.17) is 10.5 Å². The van der Waals surface area contributed by atoms with Gasteiger partial charge in [0.15, 0.2) is 0 Å². The molecule has 0 radical (unpaired) electrons. The van der Waals surface area contributed by atoms with Gasteiger partial charge in [-0.3, -0.25) is 4.68 Å². The van der Waals surface area contributed by atoms with Crippen LogP contribution in [-0.2, 0) is 13.0 Å². The first-order valence-electron chi connectivity index (χ1n) is 7.21. The average Bonchev–Trinajstić information content (AvgIpc) is 2.72. The SMILES string of the molecule is CCc1c(C)nn(CC(O)COc2ccccc2N)c1C. The summed E-state index contributed by atoms with van der Waals surface area (Å²) in [5.41, 5.74) is 9.75. The van der Waals surface area contributed by atoms with Crippen molar-refractivity contribution < 1.29 is 9.84 Å². The molecule has 2 aromatic rings. The summed E-state index contributed by atoms with van der Waals surface area (Å²) in [5, 5.41) is 14.6. The lowest BCUT2D eigenvalue weighted by molar-refractivity contribution is 0.0890.